The molecule has 0 aliphatic heterocycles. The highest BCUT2D eigenvalue weighted by atomic mass is 32.1. The first-order valence-electron chi connectivity index (χ1n) is 8.55. The van der Waals surface area contributed by atoms with Gasteiger partial charge in [-0.15, -0.1) is 11.3 Å². The van der Waals surface area contributed by atoms with Crippen molar-refractivity contribution in [3.05, 3.63) is 67.2 Å². The molecule has 3 aromatic rings. The number of carboxylic acids is 1. The van der Waals surface area contributed by atoms with E-state index >= 15 is 0 Å². The van der Waals surface area contributed by atoms with Gasteiger partial charge in [0.15, 0.2) is 5.78 Å². The highest BCUT2D eigenvalue weighted by Crippen LogP contribution is 2.35. The van der Waals surface area contributed by atoms with E-state index < -0.39 is 23.8 Å². The summed E-state index contributed by atoms with van der Waals surface area (Å²) >= 11 is 1.36. The molecule has 1 aliphatic carbocycles. The van der Waals surface area contributed by atoms with E-state index in [1.54, 1.807) is 30.3 Å². The van der Waals surface area contributed by atoms with Crippen LogP contribution in [0.1, 0.15) is 27.2 Å². The third-order valence-electron chi connectivity index (χ3n) is 4.76. The van der Waals surface area contributed by atoms with Gasteiger partial charge in [0, 0.05) is 10.4 Å². The largest absolute Gasteiger partial charge is 0.480 e. The summed E-state index contributed by atoms with van der Waals surface area (Å²) in [5.74, 6) is -1.55. The first kappa shape index (κ1) is 17.4. The first-order chi connectivity index (χ1) is 13.0. The van der Waals surface area contributed by atoms with Gasteiger partial charge in [-0.05, 0) is 24.8 Å². The molecule has 0 bridgehead atoms. The Labute approximate surface area is 157 Å². The van der Waals surface area contributed by atoms with Crippen LogP contribution in [-0.4, -0.2) is 26.0 Å². The molecule has 1 aromatic carbocycles. The standard InChI is InChI=1S/C19H16N2O5S/c22-13(11-5-2-1-3-6-11)9-21-18-16(12-7-4-8-14(12)27-18)17(25)20(19(21)26)10-15(23)24/h1-3,5-6H,4,7-10H2,(H,23,24). The molecule has 0 fully saturated rings. The Morgan fingerprint density at radius 2 is 1.78 bits per heavy atom. The molecule has 0 saturated carbocycles. The molecule has 0 unspecified atom stereocenters. The Morgan fingerprint density at radius 1 is 1.04 bits per heavy atom. The van der Waals surface area contributed by atoms with Crippen LogP contribution in [0.15, 0.2) is 39.9 Å². The van der Waals surface area contributed by atoms with Gasteiger partial charge in [0.2, 0.25) is 0 Å². The van der Waals surface area contributed by atoms with Crippen LogP contribution in [0.25, 0.3) is 10.2 Å². The zero-order valence-corrected chi connectivity index (χ0v) is 15.1. The van der Waals surface area contributed by atoms with E-state index in [1.165, 1.54) is 15.9 Å². The summed E-state index contributed by atoms with van der Waals surface area (Å²) in [6, 6.07) is 8.57. The third-order valence-corrected chi connectivity index (χ3v) is 6.07. The maximum atomic E-state index is 12.8. The van der Waals surface area contributed by atoms with Crippen molar-refractivity contribution in [2.45, 2.75) is 32.4 Å². The van der Waals surface area contributed by atoms with Crippen molar-refractivity contribution in [1.29, 1.82) is 0 Å². The zero-order chi connectivity index (χ0) is 19.1. The average molecular weight is 384 g/mol. The van der Waals surface area contributed by atoms with E-state index in [2.05, 4.69) is 0 Å². The molecule has 0 radical (unpaired) electrons. The fourth-order valence-electron chi connectivity index (χ4n) is 3.53. The van der Waals surface area contributed by atoms with Crippen LogP contribution in [-0.2, 0) is 30.7 Å². The number of rotatable bonds is 5. The molecule has 8 heteroatoms. The summed E-state index contributed by atoms with van der Waals surface area (Å²) in [4.78, 5) is 51.0. The van der Waals surface area contributed by atoms with Crippen molar-refractivity contribution in [2.75, 3.05) is 0 Å². The predicted molar refractivity (Wildman–Crippen MR) is 101 cm³/mol. The van der Waals surface area contributed by atoms with E-state index in [0.29, 0.717) is 20.3 Å². The Balaban J connectivity index is 1.93. The summed E-state index contributed by atoms with van der Waals surface area (Å²) in [5.41, 5.74) is -0.00278. The monoisotopic (exact) mass is 384 g/mol. The van der Waals surface area contributed by atoms with Crippen LogP contribution >= 0.6 is 11.3 Å². The van der Waals surface area contributed by atoms with Crippen molar-refractivity contribution in [2.24, 2.45) is 0 Å². The molecule has 0 saturated heterocycles. The van der Waals surface area contributed by atoms with Crippen LogP contribution < -0.4 is 11.2 Å². The van der Waals surface area contributed by atoms with Crippen molar-refractivity contribution < 1.29 is 14.7 Å². The Hall–Kier alpha value is -3.00. The number of hydrogen-bond acceptors (Lipinski definition) is 5. The summed E-state index contributed by atoms with van der Waals surface area (Å²) < 4.78 is 1.96. The van der Waals surface area contributed by atoms with Gasteiger partial charge in [0.1, 0.15) is 11.4 Å². The molecule has 2 aromatic heterocycles. The van der Waals surface area contributed by atoms with Gasteiger partial charge in [-0.3, -0.25) is 19.0 Å². The normalized spacial score (nSPS) is 13.0. The molecular weight excluding hydrogens is 368 g/mol. The number of benzene rings is 1. The zero-order valence-electron chi connectivity index (χ0n) is 14.3. The molecule has 138 valence electrons. The van der Waals surface area contributed by atoms with Crippen LogP contribution in [0.5, 0.6) is 0 Å². The van der Waals surface area contributed by atoms with Crippen molar-refractivity contribution >= 4 is 33.3 Å². The van der Waals surface area contributed by atoms with Crippen LogP contribution in [0, 0.1) is 0 Å². The first-order valence-corrected chi connectivity index (χ1v) is 9.37. The maximum Gasteiger partial charge on any atom is 0.333 e. The molecule has 2 heterocycles. The van der Waals surface area contributed by atoms with Crippen molar-refractivity contribution in [3.8, 4) is 0 Å². The summed E-state index contributed by atoms with van der Waals surface area (Å²) in [5, 5.41) is 9.49. The maximum absolute atomic E-state index is 12.8. The van der Waals surface area contributed by atoms with E-state index in [-0.39, 0.29) is 12.3 Å². The number of Topliss-reactive ketones (excluding diaryl/α,β-unsaturated/α-hetero) is 1. The third kappa shape index (κ3) is 2.91. The minimum atomic E-state index is -1.28. The van der Waals surface area contributed by atoms with Gasteiger partial charge in [-0.2, -0.15) is 0 Å². The smallest absolute Gasteiger partial charge is 0.333 e. The number of fused-ring (bicyclic) bond motifs is 3. The highest BCUT2D eigenvalue weighted by Gasteiger charge is 2.26. The number of ketones is 1. The number of hydrogen-bond donors (Lipinski definition) is 1. The minimum absolute atomic E-state index is 0.237. The van der Waals surface area contributed by atoms with Crippen LogP contribution in [0.2, 0.25) is 0 Å². The Morgan fingerprint density at radius 3 is 2.48 bits per heavy atom. The molecule has 1 N–H and O–H groups in total. The minimum Gasteiger partial charge on any atom is -0.480 e. The van der Waals surface area contributed by atoms with E-state index in [4.69, 9.17) is 5.11 Å². The number of nitrogens with zero attached hydrogens (tertiary/aromatic N) is 2. The SMILES string of the molecule is O=C(O)Cn1c(=O)c2c3c(sc2n(CC(=O)c2ccccc2)c1=O)CCC3. The molecule has 7 nitrogen and oxygen atoms in total. The quantitative estimate of drug-likeness (QED) is 0.675. The molecule has 4 rings (SSSR count). The van der Waals surface area contributed by atoms with Gasteiger partial charge in [0.25, 0.3) is 5.56 Å². The van der Waals surface area contributed by atoms with Crippen molar-refractivity contribution in [3.63, 3.8) is 0 Å². The lowest BCUT2D eigenvalue weighted by atomic mass is 10.1. The van der Waals surface area contributed by atoms with E-state index in [0.717, 1.165) is 29.7 Å². The summed E-state index contributed by atoms with van der Waals surface area (Å²) in [6.07, 6.45) is 2.48. The molecular formula is C19H16N2O5S. The second kappa shape index (κ2) is 6.62. The Kier molecular flexibility index (Phi) is 4.27. The topological polar surface area (TPSA) is 98.4 Å². The summed E-state index contributed by atoms with van der Waals surface area (Å²) in [7, 11) is 0. The van der Waals surface area contributed by atoms with Crippen LogP contribution in [0.3, 0.4) is 0 Å². The van der Waals surface area contributed by atoms with Gasteiger partial charge in [-0.1, -0.05) is 30.3 Å². The second-order valence-corrected chi connectivity index (χ2v) is 7.56. The van der Waals surface area contributed by atoms with Gasteiger partial charge < -0.3 is 5.11 Å². The molecule has 0 atom stereocenters. The van der Waals surface area contributed by atoms with Crippen LogP contribution in [0.4, 0.5) is 0 Å². The number of aliphatic carboxylic acids is 1. The second-order valence-electron chi connectivity index (χ2n) is 6.48. The van der Waals surface area contributed by atoms with E-state index in [9.17, 15) is 19.2 Å². The molecule has 1 aliphatic rings. The van der Waals surface area contributed by atoms with Gasteiger partial charge in [0.05, 0.1) is 11.9 Å². The number of aryl methyl sites for hydroxylation is 2. The molecule has 0 amide bonds. The average Bonchev–Trinajstić information content (AvgIpc) is 3.23. The summed E-state index contributed by atoms with van der Waals surface area (Å²) in [6.45, 7) is -0.962. The Bertz CT molecular complexity index is 1190. The predicted octanol–water partition coefficient (Wildman–Crippen LogP) is 1.68. The van der Waals surface area contributed by atoms with E-state index in [1.807, 2.05) is 0 Å². The van der Waals surface area contributed by atoms with Gasteiger partial charge >= 0.3 is 11.7 Å². The fourth-order valence-corrected chi connectivity index (χ4v) is 4.90. The van der Waals surface area contributed by atoms with Crippen molar-refractivity contribution in [1.82, 2.24) is 9.13 Å². The number of thiophene rings is 1. The highest BCUT2D eigenvalue weighted by molar-refractivity contribution is 7.19. The number of carbonyl (C=O) groups is 2. The van der Waals surface area contributed by atoms with Gasteiger partial charge in [-0.25, -0.2) is 9.36 Å². The lowest BCUT2D eigenvalue weighted by molar-refractivity contribution is -0.137. The lowest BCUT2D eigenvalue weighted by Crippen LogP contribution is -2.42. The molecule has 27 heavy (non-hydrogen) atoms. The number of carboxylic acid groups (broad SMARTS) is 1. The fraction of sp³-hybridized carbons (Fsp3) is 0.263. The molecule has 0 spiro atoms. The number of aromatic nitrogens is 2. The lowest BCUT2D eigenvalue weighted by Gasteiger charge is -2.11. The number of carbonyl (C=O) groups excluding carboxylic acids is 1.